The molecule has 3 nitrogen and oxygen atoms in total. The molecule has 19 heavy (non-hydrogen) atoms. The third-order valence-corrected chi connectivity index (χ3v) is 2.70. The van der Waals surface area contributed by atoms with E-state index in [4.69, 9.17) is 5.26 Å². The van der Waals surface area contributed by atoms with E-state index < -0.39 is 11.6 Å². The molecule has 0 spiro atoms. The van der Waals surface area contributed by atoms with Crippen LogP contribution >= 0.6 is 0 Å². The van der Waals surface area contributed by atoms with Gasteiger partial charge in [0.25, 0.3) is 0 Å². The normalized spacial score (nSPS) is 10.1. The molecular weight excluding hydrogens is 248 g/mol. The van der Waals surface area contributed by atoms with Crippen molar-refractivity contribution in [1.82, 2.24) is 4.98 Å². The van der Waals surface area contributed by atoms with Gasteiger partial charge in [0.2, 0.25) is 0 Å². The molecule has 0 amide bonds. The summed E-state index contributed by atoms with van der Waals surface area (Å²) in [5.41, 5.74) is 1.78. The maximum atomic E-state index is 13.7. The molecule has 0 unspecified atom stereocenters. The molecule has 0 saturated carbocycles. The van der Waals surface area contributed by atoms with Crippen molar-refractivity contribution < 1.29 is 8.78 Å². The van der Waals surface area contributed by atoms with Crippen LogP contribution in [0.3, 0.4) is 0 Å². The van der Waals surface area contributed by atoms with Crippen LogP contribution in [-0.4, -0.2) is 4.98 Å². The topological polar surface area (TPSA) is 48.7 Å². The highest BCUT2D eigenvalue weighted by atomic mass is 19.2. The summed E-state index contributed by atoms with van der Waals surface area (Å²) in [6.45, 7) is 3.62. The largest absolute Gasteiger partial charge is 0.352 e. The number of nitriles is 1. The first-order valence-electron chi connectivity index (χ1n) is 5.62. The lowest BCUT2D eigenvalue weighted by Crippen LogP contribution is -2.01. The Labute approximate surface area is 109 Å². The second-order valence-corrected chi connectivity index (χ2v) is 4.11. The number of nitrogens with one attached hydrogen (secondary N) is 1. The quantitative estimate of drug-likeness (QED) is 0.896. The predicted molar refractivity (Wildman–Crippen MR) is 68.1 cm³/mol. The molecule has 0 aliphatic rings. The average molecular weight is 259 g/mol. The monoisotopic (exact) mass is 259 g/mol. The molecule has 0 radical (unpaired) electrons. The number of pyridine rings is 1. The zero-order valence-corrected chi connectivity index (χ0v) is 10.5. The molecule has 0 saturated heterocycles. The molecular formula is C14H11F2N3. The molecule has 0 aliphatic carbocycles. The lowest BCUT2D eigenvalue weighted by atomic mass is 10.2. The number of benzene rings is 1. The molecule has 1 N–H and O–H groups in total. The fraction of sp³-hybridized carbons (Fsp3) is 0.143. The van der Waals surface area contributed by atoms with Crippen LogP contribution in [0, 0.1) is 36.8 Å². The first-order valence-corrected chi connectivity index (χ1v) is 5.62. The fourth-order valence-electron chi connectivity index (χ4n) is 1.70. The number of hydrogen-bond donors (Lipinski definition) is 1. The van der Waals surface area contributed by atoms with Crippen LogP contribution in [0.15, 0.2) is 24.3 Å². The van der Waals surface area contributed by atoms with Crippen molar-refractivity contribution in [3.8, 4) is 6.07 Å². The zero-order chi connectivity index (χ0) is 14.0. The van der Waals surface area contributed by atoms with Crippen LogP contribution in [-0.2, 0) is 0 Å². The van der Waals surface area contributed by atoms with E-state index >= 15 is 0 Å². The number of anilines is 2. The summed E-state index contributed by atoms with van der Waals surface area (Å²) in [7, 11) is 0. The molecule has 0 fully saturated rings. The van der Waals surface area contributed by atoms with Crippen LogP contribution in [0.25, 0.3) is 0 Å². The smallest absolute Gasteiger partial charge is 0.183 e. The standard InChI is InChI=1S/C14H11F2N3/c1-8-3-5-11(9(2)18-8)19-12-6-4-10(7-17)13(15)14(12)16/h3-6,19H,1-2H3. The summed E-state index contributed by atoms with van der Waals surface area (Å²) in [6, 6.07) is 7.67. The highest BCUT2D eigenvalue weighted by molar-refractivity contribution is 5.63. The number of rotatable bonds is 2. The zero-order valence-electron chi connectivity index (χ0n) is 10.5. The first-order chi connectivity index (χ1) is 9.02. The maximum Gasteiger partial charge on any atom is 0.183 e. The van der Waals surface area contributed by atoms with Gasteiger partial charge >= 0.3 is 0 Å². The van der Waals surface area contributed by atoms with Gasteiger partial charge in [0.15, 0.2) is 11.6 Å². The Bertz CT molecular complexity index is 675. The van der Waals surface area contributed by atoms with Gasteiger partial charge < -0.3 is 5.32 Å². The van der Waals surface area contributed by atoms with Gasteiger partial charge in [0.1, 0.15) is 6.07 Å². The lowest BCUT2D eigenvalue weighted by Gasteiger charge is -2.11. The Kier molecular flexibility index (Phi) is 3.43. The minimum absolute atomic E-state index is 0.0229. The van der Waals surface area contributed by atoms with Crippen molar-refractivity contribution in [2.75, 3.05) is 5.32 Å². The third kappa shape index (κ3) is 2.52. The third-order valence-electron chi connectivity index (χ3n) is 2.70. The van der Waals surface area contributed by atoms with Crippen LogP contribution in [0.2, 0.25) is 0 Å². The summed E-state index contributed by atoms with van der Waals surface area (Å²) in [6.07, 6.45) is 0. The Balaban J connectivity index is 2.39. The summed E-state index contributed by atoms with van der Waals surface area (Å²) >= 11 is 0. The van der Waals surface area contributed by atoms with Crippen LogP contribution in [0.4, 0.5) is 20.2 Å². The molecule has 2 rings (SSSR count). The summed E-state index contributed by atoms with van der Waals surface area (Å²) in [5.74, 6) is -2.22. The fourth-order valence-corrected chi connectivity index (χ4v) is 1.70. The lowest BCUT2D eigenvalue weighted by molar-refractivity contribution is 0.509. The maximum absolute atomic E-state index is 13.7. The second-order valence-electron chi connectivity index (χ2n) is 4.11. The number of halogens is 2. The number of aryl methyl sites for hydroxylation is 2. The van der Waals surface area contributed by atoms with E-state index in [1.165, 1.54) is 12.1 Å². The van der Waals surface area contributed by atoms with Gasteiger partial charge in [-0.05, 0) is 38.1 Å². The van der Waals surface area contributed by atoms with Crippen LogP contribution in [0.1, 0.15) is 17.0 Å². The SMILES string of the molecule is Cc1ccc(Nc2ccc(C#N)c(F)c2F)c(C)n1. The van der Waals surface area contributed by atoms with E-state index in [0.717, 1.165) is 5.69 Å². The van der Waals surface area contributed by atoms with Gasteiger partial charge in [-0.1, -0.05) is 0 Å². The van der Waals surface area contributed by atoms with Gasteiger partial charge in [0.05, 0.1) is 22.6 Å². The second kappa shape index (κ2) is 5.02. The Hall–Kier alpha value is -2.48. The van der Waals surface area contributed by atoms with Crippen molar-refractivity contribution >= 4 is 11.4 Å². The van der Waals surface area contributed by atoms with Crippen molar-refractivity contribution in [2.24, 2.45) is 0 Å². The Morgan fingerprint density at radius 2 is 1.74 bits per heavy atom. The van der Waals surface area contributed by atoms with Gasteiger partial charge in [-0.3, -0.25) is 4.98 Å². The summed E-state index contributed by atoms with van der Waals surface area (Å²) < 4.78 is 27.2. The molecule has 1 aromatic heterocycles. The molecule has 0 atom stereocenters. The number of nitrogens with zero attached hydrogens (tertiary/aromatic N) is 2. The molecule has 5 heteroatoms. The van der Waals surface area contributed by atoms with E-state index in [0.29, 0.717) is 11.4 Å². The van der Waals surface area contributed by atoms with Crippen molar-refractivity contribution in [3.05, 3.63) is 52.9 Å². The Morgan fingerprint density at radius 1 is 1.05 bits per heavy atom. The first kappa shape index (κ1) is 13.0. The van der Waals surface area contributed by atoms with Crippen LogP contribution in [0.5, 0.6) is 0 Å². The average Bonchev–Trinajstić information content (AvgIpc) is 2.38. The summed E-state index contributed by atoms with van der Waals surface area (Å²) in [4.78, 5) is 4.22. The van der Waals surface area contributed by atoms with E-state index in [1.54, 1.807) is 25.1 Å². The minimum Gasteiger partial charge on any atom is -0.352 e. The van der Waals surface area contributed by atoms with Crippen molar-refractivity contribution in [1.29, 1.82) is 5.26 Å². The molecule has 96 valence electrons. The van der Waals surface area contributed by atoms with E-state index in [1.807, 2.05) is 6.92 Å². The number of aromatic nitrogens is 1. The Morgan fingerprint density at radius 3 is 2.37 bits per heavy atom. The van der Waals surface area contributed by atoms with Crippen molar-refractivity contribution in [3.63, 3.8) is 0 Å². The van der Waals surface area contributed by atoms with E-state index in [-0.39, 0.29) is 11.3 Å². The van der Waals surface area contributed by atoms with E-state index in [9.17, 15) is 8.78 Å². The van der Waals surface area contributed by atoms with Crippen molar-refractivity contribution in [2.45, 2.75) is 13.8 Å². The highest BCUT2D eigenvalue weighted by Crippen LogP contribution is 2.25. The summed E-state index contributed by atoms with van der Waals surface area (Å²) in [5, 5.41) is 11.4. The van der Waals surface area contributed by atoms with E-state index in [2.05, 4.69) is 10.3 Å². The molecule has 1 aromatic carbocycles. The predicted octanol–water partition coefficient (Wildman–Crippen LogP) is 3.59. The van der Waals surface area contributed by atoms with Gasteiger partial charge in [-0.25, -0.2) is 8.78 Å². The number of hydrogen-bond acceptors (Lipinski definition) is 3. The van der Waals surface area contributed by atoms with Crippen LogP contribution < -0.4 is 5.32 Å². The van der Waals surface area contributed by atoms with Gasteiger partial charge in [0, 0.05) is 5.69 Å². The minimum atomic E-state index is -1.15. The van der Waals surface area contributed by atoms with Gasteiger partial charge in [-0.15, -0.1) is 0 Å². The molecule has 0 bridgehead atoms. The highest BCUT2D eigenvalue weighted by Gasteiger charge is 2.13. The molecule has 0 aliphatic heterocycles. The molecule has 2 aromatic rings. The van der Waals surface area contributed by atoms with Gasteiger partial charge in [-0.2, -0.15) is 5.26 Å². The molecule has 1 heterocycles.